The van der Waals surface area contributed by atoms with Gasteiger partial charge in [-0.25, -0.2) is 0 Å². The van der Waals surface area contributed by atoms with E-state index in [9.17, 15) is 0 Å². The van der Waals surface area contributed by atoms with Gasteiger partial charge in [0, 0.05) is 12.0 Å². The summed E-state index contributed by atoms with van der Waals surface area (Å²) >= 11 is 0. The van der Waals surface area contributed by atoms with Crippen LogP contribution in [0, 0.1) is 5.92 Å². The van der Waals surface area contributed by atoms with Gasteiger partial charge in [-0.05, 0) is 23.5 Å². The Balaban J connectivity index is 2.80. The molecule has 1 nitrogen and oxygen atoms in total. The molecule has 0 unspecified atom stereocenters. The molecule has 0 aliphatic heterocycles. The van der Waals surface area contributed by atoms with Gasteiger partial charge in [0.05, 0.1) is 0 Å². The molecule has 0 bridgehead atoms. The Morgan fingerprint density at radius 3 is 2.20 bits per heavy atom. The van der Waals surface area contributed by atoms with Gasteiger partial charge < -0.3 is 5.73 Å². The minimum Gasteiger partial charge on any atom is -0.351 e. The van der Waals surface area contributed by atoms with Gasteiger partial charge in [-0.1, -0.05) is 45.9 Å². The molecule has 0 aliphatic carbocycles. The largest absolute Gasteiger partial charge is 0.351 e. The highest BCUT2D eigenvalue weighted by molar-refractivity contribution is 5.27. The lowest BCUT2D eigenvalue weighted by Gasteiger charge is -2.13. The number of rotatable bonds is 4. The first-order valence-corrected chi connectivity index (χ1v) is 5.93. The minimum absolute atomic E-state index is 0.434. The molecule has 0 spiro atoms. The molecule has 0 heterocycles. The maximum absolute atomic E-state index is 4.25. The van der Waals surface area contributed by atoms with E-state index in [0.29, 0.717) is 12.0 Å². The zero-order chi connectivity index (χ0) is 11.4. The second-order valence-electron chi connectivity index (χ2n) is 5.15. The van der Waals surface area contributed by atoms with Crippen LogP contribution in [0.25, 0.3) is 0 Å². The van der Waals surface area contributed by atoms with Gasteiger partial charge >= 0.3 is 0 Å². The van der Waals surface area contributed by atoms with E-state index in [-0.39, 0.29) is 0 Å². The Morgan fingerprint density at radius 1 is 1.07 bits per heavy atom. The molecule has 3 N–H and O–H groups in total. The lowest BCUT2D eigenvalue weighted by molar-refractivity contribution is -0.429. The van der Waals surface area contributed by atoms with Crippen LogP contribution in [0.1, 0.15) is 57.2 Å². The Labute approximate surface area is 93.7 Å². The predicted octanol–water partition coefficient (Wildman–Crippen LogP) is 3.14. The maximum atomic E-state index is 4.25. The van der Waals surface area contributed by atoms with Crippen LogP contribution in [0.3, 0.4) is 0 Å². The summed E-state index contributed by atoms with van der Waals surface area (Å²) in [5.41, 5.74) is 7.05. The van der Waals surface area contributed by atoms with Crippen molar-refractivity contribution >= 4 is 0 Å². The molecular weight excluding hydrogens is 182 g/mol. The quantitative estimate of drug-likeness (QED) is 0.784. The summed E-state index contributed by atoms with van der Waals surface area (Å²) in [6.45, 7) is 8.98. The third kappa shape index (κ3) is 3.67. The second-order valence-corrected chi connectivity index (χ2v) is 5.15. The molecule has 0 aromatic heterocycles. The molecule has 1 heteroatoms. The van der Waals surface area contributed by atoms with Crippen molar-refractivity contribution in [2.45, 2.75) is 46.1 Å². The minimum atomic E-state index is 0.434. The van der Waals surface area contributed by atoms with Gasteiger partial charge in [-0.2, -0.15) is 0 Å². The molecular formula is C14H24N+. The normalized spacial score (nSPS) is 13.5. The molecule has 0 saturated carbocycles. The third-order valence-corrected chi connectivity index (χ3v) is 2.80. The predicted molar refractivity (Wildman–Crippen MR) is 65.6 cm³/mol. The van der Waals surface area contributed by atoms with Crippen molar-refractivity contribution < 1.29 is 5.73 Å². The summed E-state index contributed by atoms with van der Waals surface area (Å²) in [7, 11) is 0. The first kappa shape index (κ1) is 12.3. The zero-order valence-corrected chi connectivity index (χ0v) is 10.5. The number of benzene rings is 1. The van der Waals surface area contributed by atoms with Crippen molar-refractivity contribution in [3.8, 4) is 0 Å². The summed E-state index contributed by atoms with van der Waals surface area (Å²) in [5.74, 6) is 1.33. The number of hydrogen-bond acceptors (Lipinski definition) is 0. The van der Waals surface area contributed by atoms with E-state index >= 15 is 0 Å². The fraction of sp³-hybridized carbons (Fsp3) is 0.571. The molecule has 1 rings (SSSR count). The van der Waals surface area contributed by atoms with E-state index in [4.69, 9.17) is 0 Å². The molecule has 15 heavy (non-hydrogen) atoms. The van der Waals surface area contributed by atoms with Crippen LogP contribution < -0.4 is 5.73 Å². The van der Waals surface area contributed by atoms with Crippen LogP contribution in [-0.4, -0.2) is 0 Å². The average molecular weight is 206 g/mol. The summed E-state index contributed by atoms with van der Waals surface area (Å²) in [6, 6.07) is 9.31. The van der Waals surface area contributed by atoms with E-state index in [0.717, 1.165) is 5.92 Å². The van der Waals surface area contributed by atoms with Crippen molar-refractivity contribution in [2.75, 3.05) is 0 Å². The molecule has 0 saturated heterocycles. The lowest BCUT2D eigenvalue weighted by atomic mass is 9.94. The molecule has 1 atom stereocenters. The highest BCUT2D eigenvalue weighted by atomic mass is 14.6. The van der Waals surface area contributed by atoms with Crippen molar-refractivity contribution in [2.24, 2.45) is 5.92 Å². The van der Waals surface area contributed by atoms with Crippen LogP contribution in [0.15, 0.2) is 24.3 Å². The van der Waals surface area contributed by atoms with Gasteiger partial charge in [0.2, 0.25) is 0 Å². The van der Waals surface area contributed by atoms with Crippen LogP contribution in [0.5, 0.6) is 0 Å². The summed E-state index contributed by atoms with van der Waals surface area (Å²) < 4.78 is 0. The fourth-order valence-corrected chi connectivity index (χ4v) is 1.88. The van der Waals surface area contributed by atoms with Crippen LogP contribution >= 0.6 is 0 Å². The van der Waals surface area contributed by atoms with Crippen molar-refractivity contribution in [3.63, 3.8) is 0 Å². The third-order valence-electron chi connectivity index (χ3n) is 2.80. The lowest BCUT2D eigenvalue weighted by Crippen LogP contribution is -2.53. The molecule has 1 aromatic rings. The van der Waals surface area contributed by atoms with Crippen molar-refractivity contribution in [3.05, 3.63) is 35.4 Å². The van der Waals surface area contributed by atoms with Gasteiger partial charge in [0.25, 0.3) is 0 Å². The highest BCUT2D eigenvalue weighted by Crippen LogP contribution is 2.21. The Kier molecular flexibility index (Phi) is 4.34. The first-order chi connectivity index (χ1) is 7.00. The Morgan fingerprint density at radius 2 is 1.67 bits per heavy atom. The van der Waals surface area contributed by atoms with E-state index in [1.54, 1.807) is 0 Å². The molecule has 0 amide bonds. The summed E-state index contributed by atoms with van der Waals surface area (Å²) in [6.07, 6.45) is 1.17. The van der Waals surface area contributed by atoms with Gasteiger partial charge in [-0.3, -0.25) is 0 Å². The Hall–Kier alpha value is -0.820. The monoisotopic (exact) mass is 206 g/mol. The SMILES string of the molecule is CC(C)C[C@H]([NH3+])c1cccc(C(C)C)c1. The molecule has 1 aromatic carbocycles. The average Bonchev–Trinajstić information content (AvgIpc) is 2.17. The molecule has 0 fully saturated rings. The van der Waals surface area contributed by atoms with Crippen molar-refractivity contribution in [1.82, 2.24) is 0 Å². The smallest absolute Gasteiger partial charge is 0.110 e. The van der Waals surface area contributed by atoms with Crippen LogP contribution in [-0.2, 0) is 0 Å². The Bertz CT molecular complexity index is 302. The second kappa shape index (κ2) is 5.32. The van der Waals surface area contributed by atoms with Crippen LogP contribution in [0.4, 0.5) is 0 Å². The topological polar surface area (TPSA) is 27.6 Å². The van der Waals surface area contributed by atoms with Gasteiger partial charge in [0.1, 0.15) is 6.04 Å². The van der Waals surface area contributed by atoms with E-state index in [1.807, 2.05) is 0 Å². The maximum Gasteiger partial charge on any atom is 0.110 e. The molecule has 0 radical (unpaired) electrons. The summed E-state index contributed by atoms with van der Waals surface area (Å²) in [5, 5.41) is 0. The highest BCUT2D eigenvalue weighted by Gasteiger charge is 2.12. The molecule has 0 aliphatic rings. The van der Waals surface area contributed by atoms with E-state index in [1.165, 1.54) is 17.5 Å². The zero-order valence-electron chi connectivity index (χ0n) is 10.5. The van der Waals surface area contributed by atoms with E-state index in [2.05, 4.69) is 57.7 Å². The standard InChI is InChI=1S/C14H23N/c1-10(2)8-14(15)13-7-5-6-12(9-13)11(3)4/h5-7,9-11,14H,8,15H2,1-4H3/p+1/t14-/m0/s1. The first-order valence-electron chi connectivity index (χ1n) is 5.93. The number of hydrogen-bond donors (Lipinski definition) is 1. The van der Waals surface area contributed by atoms with E-state index < -0.39 is 0 Å². The van der Waals surface area contributed by atoms with Gasteiger partial charge in [0.15, 0.2) is 0 Å². The fourth-order valence-electron chi connectivity index (χ4n) is 1.88. The van der Waals surface area contributed by atoms with Crippen LogP contribution in [0.2, 0.25) is 0 Å². The summed E-state index contributed by atoms with van der Waals surface area (Å²) in [4.78, 5) is 0. The number of quaternary nitrogens is 1. The van der Waals surface area contributed by atoms with Crippen molar-refractivity contribution in [1.29, 1.82) is 0 Å². The molecule has 84 valence electrons. The van der Waals surface area contributed by atoms with Gasteiger partial charge in [-0.15, -0.1) is 0 Å².